The van der Waals surface area contributed by atoms with Gasteiger partial charge in [0, 0.05) is 18.1 Å². The van der Waals surface area contributed by atoms with Gasteiger partial charge in [0.15, 0.2) is 0 Å². The molecule has 0 aromatic heterocycles. The highest BCUT2D eigenvalue weighted by Crippen LogP contribution is 2.35. The monoisotopic (exact) mass is 210 g/mol. The van der Waals surface area contributed by atoms with Crippen LogP contribution in [0.5, 0.6) is 0 Å². The highest BCUT2D eigenvalue weighted by atomic mass is 15.2. The number of nitrogens with zero attached hydrogens (tertiary/aromatic N) is 1. The van der Waals surface area contributed by atoms with E-state index < -0.39 is 0 Å². The van der Waals surface area contributed by atoms with Gasteiger partial charge in [0.1, 0.15) is 0 Å². The van der Waals surface area contributed by atoms with Gasteiger partial charge in [-0.15, -0.1) is 0 Å². The van der Waals surface area contributed by atoms with E-state index in [4.69, 9.17) is 0 Å². The highest BCUT2D eigenvalue weighted by Gasteiger charge is 2.32. The lowest BCUT2D eigenvalue weighted by molar-refractivity contribution is 0.169. The smallest absolute Gasteiger partial charge is 0.00949 e. The molecule has 2 heteroatoms. The Bertz CT molecular complexity index is 197. The largest absolute Gasteiger partial charge is 0.314 e. The summed E-state index contributed by atoms with van der Waals surface area (Å²) >= 11 is 0. The van der Waals surface area contributed by atoms with Gasteiger partial charge in [0.2, 0.25) is 0 Å². The Morgan fingerprint density at radius 2 is 1.87 bits per heavy atom. The van der Waals surface area contributed by atoms with Gasteiger partial charge in [0.25, 0.3) is 0 Å². The summed E-state index contributed by atoms with van der Waals surface area (Å²) in [4.78, 5) is 2.58. The lowest BCUT2D eigenvalue weighted by Crippen LogP contribution is -2.39. The zero-order valence-corrected chi connectivity index (χ0v) is 10.5. The van der Waals surface area contributed by atoms with Crippen LogP contribution >= 0.6 is 0 Å². The van der Waals surface area contributed by atoms with Crippen LogP contribution in [-0.4, -0.2) is 36.6 Å². The Kier molecular flexibility index (Phi) is 3.68. The van der Waals surface area contributed by atoms with Crippen LogP contribution < -0.4 is 5.32 Å². The summed E-state index contributed by atoms with van der Waals surface area (Å²) in [5.74, 6) is 0.994. The van der Waals surface area contributed by atoms with Crippen molar-refractivity contribution < 1.29 is 0 Å². The molecular formula is C13H26N2. The summed E-state index contributed by atoms with van der Waals surface area (Å²) in [6.07, 6.45) is 7.02. The number of hydrogen-bond acceptors (Lipinski definition) is 2. The standard InChI is InChI=1S/C13H26N2/c1-10(8-9-14-13-6-7-13)15(3)11(2)12-4-5-12/h10-14H,4-9H2,1-3H3. The molecule has 0 amide bonds. The average Bonchev–Trinajstić information content (AvgIpc) is 3.05. The Morgan fingerprint density at radius 3 is 2.40 bits per heavy atom. The molecule has 0 heterocycles. The van der Waals surface area contributed by atoms with Crippen LogP contribution in [0.25, 0.3) is 0 Å². The molecule has 0 saturated heterocycles. The molecule has 0 spiro atoms. The van der Waals surface area contributed by atoms with Gasteiger partial charge in [-0.05, 0) is 65.5 Å². The molecule has 2 aliphatic carbocycles. The zero-order chi connectivity index (χ0) is 10.8. The molecular weight excluding hydrogens is 184 g/mol. The Morgan fingerprint density at radius 1 is 1.20 bits per heavy atom. The number of rotatable bonds is 7. The van der Waals surface area contributed by atoms with Crippen LogP contribution in [0.1, 0.15) is 46.0 Å². The molecule has 0 aliphatic heterocycles. The summed E-state index contributed by atoms with van der Waals surface area (Å²) in [5.41, 5.74) is 0. The van der Waals surface area contributed by atoms with Crippen LogP contribution in [-0.2, 0) is 0 Å². The van der Waals surface area contributed by atoms with Crippen molar-refractivity contribution in [3.63, 3.8) is 0 Å². The highest BCUT2D eigenvalue weighted by molar-refractivity contribution is 4.86. The SMILES string of the molecule is CC(CCNC1CC1)N(C)C(C)C1CC1. The fraction of sp³-hybridized carbons (Fsp3) is 1.00. The van der Waals surface area contributed by atoms with Crippen molar-refractivity contribution in [2.24, 2.45) is 5.92 Å². The Hall–Kier alpha value is -0.0800. The van der Waals surface area contributed by atoms with Crippen molar-refractivity contribution in [1.29, 1.82) is 0 Å². The first-order valence-corrected chi connectivity index (χ1v) is 6.64. The quantitative estimate of drug-likeness (QED) is 0.693. The van der Waals surface area contributed by atoms with E-state index in [9.17, 15) is 0 Å². The predicted octanol–water partition coefficient (Wildman–Crippen LogP) is 2.25. The average molecular weight is 210 g/mol. The van der Waals surface area contributed by atoms with Crippen molar-refractivity contribution in [2.45, 2.75) is 64.1 Å². The lowest BCUT2D eigenvalue weighted by atomic mass is 10.1. The van der Waals surface area contributed by atoms with Gasteiger partial charge in [-0.25, -0.2) is 0 Å². The maximum absolute atomic E-state index is 3.60. The first-order valence-electron chi connectivity index (χ1n) is 6.64. The zero-order valence-electron chi connectivity index (χ0n) is 10.5. The van der Waals surface area contributed by atoms with Crippen LogP contribution in [0.4, 0.5) is 0 Å². The second kappa shape index (κ2) is 4.84. The molecule has 2 saturated carbocycles. The molecule has 88 valence electrons. The minimum Gasteiger partial charge on any atom is -0.314 e. The van der Waals surface area contributed by atoms with E-state index in [-0.39, 0.29) is 0 Å². The topological polar surface area (TPSA) is 15.3 Å². The second-order valence-electron chi connectivity index (χ2n) is 5.61. The summed E-state index contributed by atoms with van der Waals surface area (Å²) in [6, 6.07) is 2.39. The third-order valence-corrected chi connectivity index (χ3v) is 4.21. The van der Waals surface area contributed by atoms with Crippen molar-refractivity contribution in [1.82, 2.24) is 10.2 Å². The van der Waals surface area contributed by atoms with E-state index in [1.807, 2.05) is 0 Å². The molecule has 1 N–H and O–H groups in total. The van der Waals surface area contributed by atoms with Crippen LogP contribution in [0.2, 0.25) is 0 Å². The van der Waals surface area contributed by atoms with Crippen molar-refractivity contribution in [3.05, 3.63) is 0 Å². The maximum atomic E-state index is 3.60. The minimum atomic E-state index is 0.729. The second-order valence-corrected chi connectivity index (χ2v) is 5.61. The summed E-state index contributed by atoms with van der Waals surface area (Å²) in [5, 5.41) is 3.60. The van der Waals surface area contributed by atoms with Gasteiger partial charge in [-0.2, -0.15) is 0 Å². The number of nitrogens with one attached hydrogen (secondary N) is 1. The molecule has 2 fully saturated rings. The van der Waals surface area contributed by atoms with E-state index in [0.29, 0.717) is 0 Å². The molecule has 2 rings (SSSR count). The van der Waals surface area contributed by atoms with Crippen LogP contribution in [0, 0.1) is 5.92 Å². The van der Waals surface area contributed by atoms with Crippen molar-refractivity contribution in [2.75, 3.05) is 13.6 Å². The molecule has 15 heavy (non-hydrogen) atoms. The normalized spacial score (nSPS) is 25.6. The maximum Gasteiger partial charge on any atom is 0.00949 e. The number of hydrogen-bond donors (Lipinski definition) is 1. The van der Waals surface area contributed by atoms with Gasteiger partial charge in [-0.1, -0.05) is 0 Å². The first kappa shape index (κ1) is 11.4. The molecule has 2 atom stereocenters. The van der Waals surface area contributed by atoms with Gasteiger partial charge >= 0.3 is 0 Å². The van der Waals surface area contributed by atoms with Gasteiger partial charge in [0.05, 0.1) is 0 Å². The van der Waals surface area contributed by atoms with Crippen LogP contribution in [0.3, 0.4) is 0 Å². The third kappa shape index (κ3) is 3.46. The van der Waals surface area contributed by atoms with Gasteiger partial charge < -0.3 is 10.2 Å². The van der Waals surface area contributed by atoms with Crippen LogP contribution in [0.15, 0.2) is 0 Å². The van der Waals surface area contributed by atoms with E-state index >= 15 is 0 Å². The van der Waals surface area contributed by atoms with E-state index in [0.717, 1.165) is 24.0 Å². The molecule has 2 aliphatic rings. The summed E-state index contributed by atoms with van der Waals surface area (Å²) < 4.78 is 0. The fourth-order valence-electron chi connectivity index (χ4n) is 2.30. The third-order valence-electron chi connectivity index (χ3n) is 4.21. The molecule has 2 nitrogen and oxygen atoms in total. The summed E-state index contributed by atoms with van der Waals surface area (Å²) in [6.45, 7) is 5.96. The van der Waals surface area contributed by atoms with E-state index in [2.05, 4.69) is 31.1 Å². The van der Waals surface area contributed by atoms with Gasteiger partial charge in [-0.3, -0.25) is 0 Å². The first-order chi connectivity index (χ1) is 7.18. The summed E-state index contributed by atoms with van der Waals surface area (Å²) in [7, 11) is 2.30. The van der Waals surface area contributed by atoms with E-state index in [1.165, 1.54) is 38.6 Å². The minimum absolute atomic E-state index is 0.729. The molecule has 0 aromatic carbocycles. The Labute approximate surface area is 94.4 Å². The Balaban J connectivity index is 1.61. The molecule has 0 radical (unpaired) electrons. The molecule has 2 unspecified atom stereocenters. The van der Waals surface area contributed by atoms with Crippen molar-refractivity contribution in [3.8, 4) is 0 Å². The fourth-order valence-corrected chi connectivity index (χ4v) is 2.30. The molecule has 0 bridgehead atoms. The van der Waals surface area contributed by atoms with Crippen molar-refractivity contribution >= 4 is 0 Å². The molecule has 0 aromatic rings. The predicted molar refractivity (Wildman–Crippen MR) is 65.1 cm³/mol. The lowest BCUT2D eigenvalue weighted by Gasteiger charge is -2.31. The van der Waals surface area contributed by atoms with E-state index in [1.54, 1.807) is 0 Å².